The van der Waals surface area contributed by atoms with E-state index < -0.39 is 0 Å². The van der Waals surface area contributed by atoms with Crippen LogP contribution in [0.1, 0.15) is 50.3 Å². The number of thioether (sulfide) groups is 1. The van der Waals surface area contributed by atoms with Crippen LogP contribution in [0, 0.1) is 6.92 Å². The van der Waals surface area contributed by atoms with E-state index in [0.29, 0.717) is 12.1 Å². The SMILES string of the molecule is Cc1cn(C2CCSCC2)c(NC2CCCC2)n1. The molecule has 1 aromatic rings. The van der Waals surface area contributed by atoms with Crippen molar-refractivity contribution in [3.63, 3.8) is 0 Å². The summed E-state index contributed by atoms with van der Waals surface area (Å²) in [6.45, 7) is 2.11. The Morgan fingerprint density at radius 2 is 1.94 bits per heavy atom. The Hall–Kier alpha value is -0.640. The quantitative estimate of drug-likeness (QED) is 0.905. The third kappa shape index (κ3) is 2.68. The van der Waals surface area contributed by atoms with Gasteiger partial charge >= 0.3 is 0 Å². The van der Waals surface area contributed by atoms with Gasteiger partial charge in [-0.2, -0.15) is 11.8 Å². The Balaban J connectivity index is 1.75. The van der Waals surface area contributed by atoms with E-state index in [9.17, 15) is 0 Å². The molecule has 1 aromatic heterocycles. The third-order valence-corrected chi connectivity index (χ3v) is 5.17. The molecule has 3 rings (SSSR count). The molecule has 2 heterocycles. The summed E-state index contributed by atoms with van der Waals surface area (Å²) in [6, 6.07) is 1.32. The molecule has 1 aliphatic carbocycles. The number of imidazole rings is 1. The largest absolute Gasteiger partial charge is 0.353 e. The van der Waals surface area contributed by atoms with Crippen molar-refractivity contribution in [3.8, 4) is 0 Å². The van der Waals surface area contributed by atoms with Crippen molar-refractivity contribution in [3.05, 3.63) is 11.9 Å². The van der Waals surface area contributed by atoms with Crippen LogP contribution in [0.4, 0.5) is 5.95 Å². The van der Waals surface area contributed by atoms with Gasteiger partial charge in [-0.1, -0.05) is 12.8 Å². The van der Waals surface area contributed by atoms with Crippen LogP contribution in [0.3, 0.4) is 0 Å². The van der Waals surface area contributed by atoms with Gasteiger partial charge in [0.05, 0.1) is 5.69 Å². The fourth-order valence-corrected chi connectivity index (χ4v) is 4.20. The minimum atomic E-state index is 0.656. The topological polar surface area (TPSA) is 29.9 Å². The highest BCUT2D eigenvalue weighted by atomic mass is 32.2. The zero-order chi connectivity index (χ0) is 12.4. The molecule has 0 bridgehead atoms. The number of nitrogens with one attached hydrogen (secondary N) is 1. The molecular weight excluding hydrogens is 242 g/mol. The van der Waals surface area contributed by atoms with Crippen molar-refractivity contribution in [2.75, 3.05) is 16.8 Å². The summed E-state index contributed by atoms with van der Waals surface area (Å²) in [6.07, 6.45) is 10.2. The highest BCUT2D eigenvalue weighted by Gasteiger charge is 2.22. The van der Waals surface area contributed by atoms with Gasteiger partial charge in [-0.15, -0.1) is 0 Å². The highest BCUT2D eigenvalue weighted by molar-refractivity contribution is 7.99. The summed E-state index contributed by atoms with van der Waals surface area (Å²) < 4.78 is 2.41. The average molecular weight is 265 g/mol. The summed E-state index contributed by atoms with van der Waals surface area (Å²) in [5.74, 6) is 3.71. The van der Waals surface area contributed by atoms with E-state index >= 15 is 0 Å². The van der Waals surface area contributed by atoms with Crippen molar-refractivity contribution < 1.29 is 0 Å². The molecule has 0 atom stereocenters. The molecule has 1 aliphatic heterocycles. The Kier molecular flexibility index (Phi) is 3.83. The Morgan fingerprint density at radius 1 is 1.22 bits per heavy atom. The number of rotatable bonds is 3. The van der Waals surface area contributed by atoms with E-state index in [-0.39, 0.29) is 0 Å². The fourth-order valence-electron chi connectivity index (χ4n) is 3.12. The molecule has 2 fully saturated rings. The van der Waals surface area contributed by atoms with Crippen LogP contribution in [0.2, 0.25) is 0 Å². The summed E-state index contributed by atoms with van der Waals surface area (Å²) in [7, 11) is 0. The van der Waals surface area contributed by atoms with Gasteiger partial charge in [-0.05, 0) is 44.1 Å². The Bertz CT molecular complexity index is 390. The van der Waals surface area contributed by atoms with Crippen molar-refractivity contribution in [2.24, 2.45) is 0 Å². The summed E-state index contributed by atoms with van der Waals surface area (Å²) >= 11 is 2.08. The van der Waals surface area contributed by atoms with Gasteiger partial charge in [0.25, 0.3) is 0 Å². The predicted octanol–water partition coefficient (Wildman–Crippen LogP) is 3.61. The van der Waals surface area contributed by atoms with Gasteiger partial charge in [0.15, 0.2) is 0 Å². The number of anilines is 1. The lowest BCUT2D eigenvalue weighted by molar-refractivity contribution is 0.471. The molecule has 1 N–H and O–H groups in total. The van der Waals surface area contributed by atoms with Gasteiger partial charge in [0.2, 0.25) is 5.95 Å². The van der Waals surface area contributed by atoms with E-state index in [1.807, 2.05) is 0 Å². The summed E-state index contributed by atoms with van der Waals surface area (Å²) in [4.78, 5) is 4.69. The Morgan fingerprint density at radius 3 is 2.67 bits per heavy atom. The van der Waals surface area contributed by atoms with E-state index in [2.05, 4.69) is 34.8 Å². The van der Waals surface area contributed by atoms with Gasteiger partial charge in [0.1, 0.15) is 0 Å². The molecular formula is C14H23N3S. The number of hydrogen-bond acceptors (Lipinski definition) is 3. The monoisotopic (exact) mass is 265 g/mol. The lowest BCUT2D eigenvalue weighted by atomic mass is 10.1. The standard InChI is InChI=1S/C14H23N3S/c1-11-10-17(13-6-8-18-9-7-13)14(15-11)16-12-4-2-3-5-12/h10,12-13H,2-9H2,1H3,(H,15,16). The molecule has 2 aliphatic rings. The maximum absolute atomic E-state index is 4.69. The molecule has 0 amide bonds. The molecule has 4 heteroatoms. The second kappa shape index (κ2) is 5.55. The van der Waals surface area contributed by atoms with E-state index in [1.165, 1.54) is 50.0 Å². The molecule has 0 aromatic carbocycles. The van der Waals surface area contributed by atoms with Crippen LogP contribution in [0.25, 0.3) is 0 Å². The van der Waals surface area contributed by atoms with Crippen molar-refractivity contribution in [2.45, 2.75) is 57.5 Å². The van der Waals surface area contributed by atoms with Crippen molar-refractivity contribution >= 4 is 17.7 Å². The number of nitrogens with zero attached hydrogens (tertiary/aromatic N) is 2. The molecule has 100 valence electrons. The van der Waals surface area contributed by atoms with Crippen molar-refractivity contribution in [1.82, 2.24) is 9.55 Å². The van der Waals surface area contributed by atoms with Crippen LogP contribution in [0.15, 0.2) is 6.20 Å². The first kappa shape index (κ1) is 12.4. The first-order chi connectivity index (χ1) is 8.83. The summed E-state index contributed by atoms with van der Waals surface area (Å²) in [5, 5.41) is 3.67. The molecule has 1 saturated heterocycles. The minimum absolute atomic E-state index is 0.656. The molecule has 18 heavy (non-hydrogen) atoms. The van der Waals surface area contributed by atoms with Gasteiger partial charge in [-0.25, -0.2) is 4.98 Å². The lowest BCUT2D eigenvalue weighted by Gasteiger charge is -2.25. The van der Waals surface area contributed by atoms with Crippen LogP contribution in [0.5, 0.6) is 0 Å². The first-order valence-electron chi connectivity index (χ1n) is 7.22. The second-order valence-electron chi connectivity index (χ2n) is 5.58. The smallest absolute Gasteiger partial charge is 0.203 e. The third-order valence-electron chi connectivity index (χ3n) is 4.13. The molecule has 0 radical (unpaired) electrons. The first-order valence-corrected chi connectivity index (χ1v) is 8.38. The highest BCUT2D eigenvalue weighted by Crippen LogP contribution is 2.31. The molecule has 0 spiro atoms. The van der Waals surface area contributed by atoms with Crippen molar-refractivity contribution in [1.29, 1.82) is 0 Å². The number of hydrogen-bond donors (Lipinski definition) is 1. The fraction of sp³-hybridized carbons (Fsp3) is 0.786. The van der Waals surface area contributed by atoms with Gasteiger partial charge in [-0.3, -0.25) is 0 Å². The predicted molar refractivity (Wildman–Crippen MR) is 78.4 cm³/mol. The van der Waals surface area contributed by atoms with Gasteiger partial charge in [0, 0.05) is 18.3 Å². The lowest BCUT2D eigenvalue weighted by Crippen LogP contribution is -2.21. The Labute approximate surface area is 114 Å². The van der Waals surface area contributed by atoms with Crippen LogP contribution >= 0.6 is 11.8 Å². The maximum atomic E-state index is 4.69. The van der Waals surface area contributed by atoms with E-state index in [0.717, 1.165) is 11.6 Å². The molecule has 1 saturated carbocycles. The average Bonchev–Trinajstić information content (AvgIpc) is 3.01. The zero-order valence-electron chi connectivity index (χ0n) is 11.2. The zero-order valence-corrected chi connectivity index (χ0v) is 12.0. The van der Waals surface area contributed by atoms with Gasteiger partial charge < -0.3 is 9.88 Å². The number of aromatic nitrogens is 2. The minimum Gasteiger partial charge on any atom is -0.353 e. The van der Waals surface area contributed by atoms with Crippen LogP contribution < -0.4 is 5.32 Å². The molecule has 0 unspecified atom stereocenters. The number of aryl methyl sites for hydroxylation is 1. The van der Waals surface area contributed by atoms with Crippen LogP contribution in [-0.4, -0.2) is 27.1 Å². The maximum Gasteiger partial charge on any atom is 0.203 e. The summed E-state index contributed by atoms with van der Waals surface area (Å²) in [5.41, 5.74) is 1.15. The van der Waals surface area contributed by atoms with E-state index in [4.69, 9.17) is 4.98 Å². The van der Waals surface area contributed by atoms with E-state index in [1.54, 1.807) is 0 Å². The molecule has 3 nitrogen and oxygen atoms in total. The normalized spacial score (nSPS) is 22.5. The van der Waals surface area contributed by atoms with Crippen LogP contribution in [-0.2, 0) is 0 Å². The second-order valence-corrected chi connectivity index (χ2v) is 6.81.